The molecular weight excluding hydrogens is 292 g/mol. The van der Waals surface area contributed by atoms with Gasteiger partial charge in [0.25, 0.3) is 0 Å². The predicted octanol–water partition coefficient (Wildman–Crippen LogP) is 1.53. The molecule has 0 aliphatic heterocycles. The van der Waals surface area contributed by atoms with Gasteiger partial charge in [-0.1, -0.05) is 13.0 Å². The van der Waals surface area contributed by atoms with Gasteiger partial charge in [-0.3, -0.25) is 9.59 Å². The number of carbonyl (C=O) groups is 3. The number of hydrogen-bond donors (Lipinski definition) is 1. The molecule has 0 aromatic carbocycles. The zero-order chi connectivity index (χ0) is 14.7. The maximum absolute atomic E-state index is 11.2. The molecule has 7 heteroatoms. The van der Waals surface area contributed by atoms with E-state index in [9.17, 15) is 14.4 Å². The summed E-state index contributed by atoms with van der Waals surface area (Å²) in [6.45, 7) is 4.98. The van der Waals surface area contributed by atoms with Crippen molar-refractivity contribution in [3.63, 3.8) is 0 Å². The van der Waals surface area contributed by atoms with E-state index in [1.807, 2.05) is 0 Å². The van der Waals surface area contributed by atoms with Gasteiger partial charge in [-0.25, -0.2) is 4.79 Å². The Labute approximate surface area is 151 Å². The first-order valence-electron chi connectivity index (χ1n) is 6.13. The topological polar surface area (TPSA) is 89.9 Å². The van der Waals surface area contributed by atoms with Crippen molar-refractivity contribution in [3.05, 3.63) is 12.2 Å². The van der Waals surface area contributed by atoms with Gasteiger partial charge in [0, 0.05) is 18.4 Å². The third kappa shape index (κ3) is 13.8. The van der Waals surface area contributed by atoms with Crippen molar-refractivity contribution >= 4 is 55.6 Å². The van der Waals surface area contributed by atoms with Crippen molar-refractivity contribution in [2.75, 3.05) is 13.2 Å². The summed E-state index contributed by atoms with van der Waals surface area (Å²) >= 11 is 0. The van der Waals surface area contributed by atoms with Gasteiger partial charge in [0.05, 0.1) is 0 Å². The molecule has 0 aliphatic rings. The monoisotopic (exact) mass is 314 g/mol. The van der Waals surface area contributed by atoms with E-state index in [4.69, 9.17) is 14.6 Å². The molecule has 0 aliphatic carbocycles. The van der Waals surface area contributed by atoms with Crippen molar-refractivity contribution in [1.82, 2.24) is 0 Å². The first-order chi connectivity index (χ1) is 8.93. The quantitative estimate of drug-likeness (QED) is 0.285. The number of unbranched alkanes of at least 4 members (excludes halogenated alkanes) is 2. The maximum atomic E-state index is 11.2. The van der Waals surface area contributed by atoms with E-state index >= 15 is 0 Å². The van der Waals surface area contributed by atoms with Crippen molar-refractivity contribution < 1.29 is 31.8 Å². The average Bonchev–Trinajstić information content (AvgIpc) is 2.33. The molecule has 0 rings (SSSR count). The fourth-order valence-corrected chi connectivity index (χ4v) is 1.21. The molecule has 0 saturated heterocycles. The van der Waals surface area contributed by atoms with Gasteiger partial charge in [0.2, 0.25) is 0 Å². The maximum Gasteiger partial charge on any atom is 2.00 e. The summed E-state index contributed by atoms with van der Waals surface area (Å²) in [6, 6.07) is 0. The fraction of sp³-hybridized carbons (Fsp3) is 0.615. The molecule has 0 unspecified atom stereocenters. The second-order valence-corrected chi connectivity index (χ2v) is 4.09. The van der Waals surface area contributed by atoms with Crippen LogP contribution in [-0.2, 0) is 23.9 Å². The molecule has 0 spiro atoms. The predicted molar refractivity (Wildman–Crippen MR) is 75.4 cm³/mol. The normalized spacial score (nSPS) is 9.25. The SMILES string of the molecule is C=C(C)C(=O)OCCOC(=O)CCCCCC(=O)O.[Ca+2].[H-].[H-]. The van der Waals surface area contributed by atoms with Gasteiger partial charge in [-0.05, 0) is 19.8 Å². The number of ether oxygens (including phenoxy) is 2. The van der Waals surface area contributed by atoms with Crippen LogP contribution >= 0.6 is 0 Å². The van der Waals surface area contributed by atoms with Crippen molar-refractivity contribution in [3.8, 4) is 0 Å². The summed E-state index contributed by atoms with van der Waals surface area (Å²) in [5.41, 5.74) is 0.296. The standard InChI is InChI=1S/C13H20O6.Ca.2H/c1-10(2)13(17)19-9-8-18-12(16)7-5-3-4-6-11(14)15;;;/h1,3-9H2,2H3,(H,14,15);;;/q;+2;2*-1. The van der Waals surface area contributed by atoms with E-state index in [1.54, 1.807) is 0 Å². The second-order valence-electron chi connectivity index (χ2n) is 4.09. The third-order valence-corrected chi connectivity index (χ3v) is 2.20. The second kappa shape index (κ2) is 13.4. The van der Waals surface area contributed by atoms with E-state index in [1.165, 1.54) is 6.92 Å². The summed E-state index contributed by atoms with van der Waals surface area (Å²) < 4.78 is 9.58. The Hall–Kier alpha value is -0.590. The number of carboxylic acid groups (broad SMARTS) is 1. The molecule has 0 saturated carbocycles. The van der Waals surface area contributed by atoms with Crippen LogP contribution in [0, 0.1) is 0 Å². The molecular formula is C13H22CaO6. The van der Waals surface area contributed by atoms with E-state index in [0.717, 1.165) is 0 Å². The van der Waals surface area contributed by atoms with Crippen LogP contribution in [0.3, 0.4) is 0 Å². The van der Waals surface area contributed by atoms with Crippen molar-refractivity contribution in [1.29, 1.82) is 0 Å². The Balaban J connectivity index is -0.000000540. The summed E-state index contributed by atoms with van der Waals surface area (Å²) in [4.78, 5) is 32.4. The Morgan fingerprint density at radius 1 is 1.05 bits per heavy atom. The number of aliphatic carboxylic acids is 1. The van der Waals surface area contributed by atoms with E-state index < -0.39 is 11.9 Å². The molecule has 0 aromatic heterocycles. The zero-order valence-electron chi connectivity index (χ0n) is 13.9. The van der Waals surface area contributed by atoms with Gasteiger partial charge in [0.15, 0.2) is 0 Å². The molecule has 0 amide bonds. The Bertz CT molecular complexity index is 349. The summed E-state index contributed by atoms with van der Waals surface area (Å²) in [5.74, 6) is -1.71. The minimum absolute atomic E-state index is 0. The molecule has 0 radical (unpaired) electrons. The summed E-state index contributed by atoms with van der Waals surface area (Å²) in [7, 11) is 0. The Morgan fingerprint density at radius 2 is 1.60 bits per heavy atom. The average molecular weight is 314 g/mol. The number of rotatable bonds is 10. The van der Waals surface area contributed by atoms with Crippen LogP contribution in [0.4, 0.5) is 0 Å². The molecule has 20 heavy (non-hydrogen) atoms. The van der Waals surface area contributed by atoms with Crippen LogP contribution in [0.1, 0.15) is 41.9 Å². The van der Waals surface area contributed by atoms with Crippen LogP contribution in [0.2, 0.25) is 0 Å². The molecule has 1 N–H and O–H groups in total. The molecule has 0 atom stereocenters. The van der Waals surface area contributed by atoms with E-state index in [2.05, 4.69) is 6.58 Å². The molecule has 0 bridgehead atoms. The smallest absolute Gasteiger partial charge is 1.00 e. The van der Waals surface area contributed by atoms with E-state index in [-0.39, 0.29) is 72.6 Å². The van der Waals surface area contributed by atoms with Gasteiger partial charge in [-0.2, -0.15) is 0 Å². The summed E-state index contributed by atoms with van der Waals surface area (Å²) in [6.07, 6.45) is 2.18. The minimum Gasteiger partial charge on any atom is -1.00 e. The molecule has 6 nitrogen and oxygen atoms in total. The Morgan fingerprint density at radius 3 is 2.15 bits per heavy atom. The van der Waals surface area contributed by atoms with Crippen molar-refractivity contribution in [2.45, 2.75) is 39.0 Å². The molecule has 112 valence electrons. The number of carboxylic acids is 1. The largest absolute Gasteiger partial charge is 2.00 e. The van der Waals surface area contributed by atoms with Crippen LogP contribution < -0.4 is 0 Å². The number of esters is 2. The summed E-state index contributed by atoms with van der Waals surface area (Å²) in [5, 5.41) is 8.41. The van der Waals surface area contributed by atoms with Crippen LogP contribution in [0.25, 0.3) is 0 Å². The van der Waals surface area contributed by atoms with Crippen LogP contribution in [0.5, 0.6) is 0 Å². The van der Waals surface area contributed by atoms with Crippen molar-refractivity contribution in [2.24, 2.45) is 0 Å². The number of hydrogen-bond acceptors (Lipinski definition) is 5. The minimum atomic E-state index is -0.832. The third-order valence-electron chi connectivity index (χ3n) is 2.20. The Kier molecular flexibility index (Phi) is 14.5. The van der Waals surface area contributed by atoms with Gasteiger partial charge in [-0.15, -0.1) is 0 Å². The molecule has 0 aromatic rings. The first kappa shape index (κ1) is 21.7. The zero-order valence-corrected chi connectivity index (χ0v) is 14.1. The van der Waals surface area contributed by atoms with Gasteiger partial charge >= 0.3 is 55.6 Å². The van der Waals surface area contributed by atoms with Gasteiger partial charge in [0.1, 0.15) is 13.2 Å². The van der Waals surface area contributed by atoms with E-state index in [0.29, 0.717) is 24.8 Å². The first-order valence-corrected chi connectivity index (χ1v) is 6.13. The van der Waals surface area contributed by atoms with Gasteiger partial charge < -0.3 is 17.4 Å². The fourth-order valence-electron chi connectivity index (χ4n) is 1.21. The van der Waals surface area contributed by atoms with Crippen LogP contribution in [-0.4, -0.2) is 74.0 Å². The van der Waals surface area contributed by atoms with Crippen LogP contribution in [0.15, 0.2) is 12.2 Å². The molecule has 0 fully saturated rings. The number of carbonyl (C=O) groups excluding carboxylic acids is 2. The molecule has 0 heterocycles.